The van der Waals surface area contributed by atoms with Crippen LogP contribution in [0.25, 0.3) is 0 Å². The Bertz CT molecular complexity index is 364. The number of rotatable bonds is 3. The summed E-state index contributed by atoms with van der Waals surface area (Å²) in [5.41, 5.74) is 0.968. The van der Waals surface area contributed by atoms with Crippen molar-refractivity contribution in [2.45, 2.75) is 31.8 Å². The molecular formula is C13H17BrFNO. The van der Waals surface area contributed by atoms with E-state index in [4.69, 9.17) is 4.74 Å². The highest BCUT2D eigenvalue weighted by molar-refractivity contribution is 9.10. The Kier molecular flexibility index (Phi) is 4.95. The second kappa shape index (κ2) is 6.47. The first-order valence-corrected chi connectivity index (χ1v) is 6.80. The molecule has 4 heteroatoms. The third kappa shape index (κ3) is 4.05. The van der Waals surface area contributed by atoms with Gasteiger partial charge in [-0.3, -0.25) is 0 Å². The Balaban J connectivity index is 1.89. The van der Waals surface area contributed by atoms with E-state index in [1.807, 2.05) is 0 Å². The third-order valence-electron chi connectivity index (χ3n) is 3.04. The lowest BCUT2D eigenvalue weighted by Crippen LogP contribution is -2.28. The fourth-order valence-corrected chi connectivity index (χ4v) is 2.43. The summed E-state index contributed by atoms with van der Waals surface area (Å²) < 4.78 is 19.5. The van der Waals surface area contributed by atoms with Crippen LogP contribution in [-0.4, -0.2) is 19.3 Å². The van der Waals surface area contributed by atoms with Crippen molar-refractivity contribution < 1.29 is 9.13 Å². The number of nitrogens with one attached hydrogen (secondary N) is 1. The molecule has 2 rings (SSSR count). The van der Waals surface area contributed by atoms with Crippen LogP contribution < -0.4 is 5.32 Å². The average Bonchev–Trinajstić information content (AvgIpc) is 2.59. The van der Waals surface area contributed by atoms with Gasteiger partial charge in [0.2, 0.25) is 0 Å². The molecule has 17 heavy (non-hydrogen) atoms. The van der Waals surface area contributed by atoms with Crippen molar-refractivity contribution >= 4 is 15.9 Å². The minimum Gasteiger partial charge on any atom is -0.381 e. The largest absolute Gasteiger partial charge is 0.381 e. The van der Waals surface area contributed by atoms with E-state index in [0.29, 0.717) is 12.6 Å². The summed E-state index contributed by atoms with van der Waals surface area (Å²) in [5, 5.41) is 3.47. The molecule has 1 atom stereocenters. The van der Waals surface area contributed by atoms with Crippen LogP contribution in [0.2, 0.25) is 0 Å². The maximum absolute atomic E-state index is 13.1. The second-order valence-corrected chi connectivity index (χ2v) is 5.21. The molecule has 0 spiro atoms. The number of ether oxygens (including phenoxy) is 1. The van der Waals surface area contributed by atoms with Crippen LogP contribution in [0, 0.1) is 5.82 Å². The highest BCUT2D eigenvalue weighted by Crippen LogP contribution is 2.18. The topological polar surface area (TPSA) is 21.3 Å². The van der Waals surface area contributed by atoms with E-state index >= 15 is 0 Å². The molecule has 0 amide bonds. The highest BCUT2D eigenvalue weighted by Gasteiger charge is 2.12. The van der Waals surface area contributed by atoms with Gasteiger partial charge in [0.25, 0.3) is 0 Å². The standard InChI is InChI=1S/C13H17BrFNO/c14-13-4-3-11(15)8-10(13)9-16-12-2-1-6-17-7-5-12/h3-4,8,12,16H,1-2,5-7,9H2. The molecule has 94 valence electrons. The van der Waals surface area contributed by atoms with Crippen molar-refractivity contribution in [1.82, 2.24) is 5.32 Å². The molecule has 0 saturated carbocycles. The molecule has 1 heterocycles. The van der Waals surface area contributed by atoms with Crippen LogP contribution in [0.5, 0.6) is 0 Å². The SMILES string of the molecule is Fc1ccc(Br)c(CNC2CCCOCC2)c1. The van der Waals surface area contributed by atoms with Crippen molar-refractivity contribution in [2.75, 3.05) is 13.2 Å². The average molecular weight is 302 g/mol. The van der Waals surface area contributed by atoms with E-state index in [2.05, 4.69) is 21.2 Å². The predicted octanol–water partition coefficient (Wildman–Crippen LogP) is 3.25. The van der Waals surface area contributed by atoms with Crippen LogP contribution in [0.15, 0.2) is 22.7 Å². The van der Waals surface area contributed by atoms with Gasteiger partial charge in [0, 0.05) is 30.3 Å². The molecule has 0 bridgehead atoms. The Labute approximate surface area is 110 Å². The van der Waals surface area contributed by atoms with Crippen molar-refractivity contribution in [3.8, 4) is 0 Å². The number of hydrogen-bond acceptors (Lipinski definition) is 2. The molecule has 1 N–H and O–H groups in total. The summed E-state index contributed by atoms with van der Waals surface area (Å²) in [7, 11) is 0. The van der Waals surface area contributed by atoms with E-state index in [-0.39, 0.29) is 5.82 Å². The van der Waals surface area contributed by atoms with Crippen molar-refractivity contribution in [1.29, 1.82) is 0 Å². The van der Waals surface area contributed by atoms with Gasteiger partial charge in [0.15, 0.2) is 0 Å². The summed E-state index contributed by atoms with van der Waals surface area (Å²) in [6.07, 6.45) is 3.27. The van der Waals surface area contributed by atoms with Crippen molar-refractivity contribution in [3.05, 3.63) is 34.1 Å². The lowest BCUT2D eigenvalue weighted by atomic mass is 10.1. The van der Waals surface area contributed by atoms with Gasteiger partial charge >= 0.3 is 0 Å². The van der Waals surface area contributed by atoms with Gasteiger partial charge < -0.3 is 10.1 Å². The molecule has 1 aliphatic rings. The zero-order valence-corrected chi connectivity index (χ0v) is 11.3. The monoisotopic (exact) mass is 301 g/mol. The minimum atomic E-state index is -0.186. The molecule has 1 aromatic carbocycles. The first-order valence-electron chi connectivity index (χ1n) is 6.01. The van der Waals surface area contributed by atoms with Gasteiger partial charge in [-0.2, -0.15) is 0 Å². The maximum atomic E-state index is 13.1. The van der Waals surface area contributed by atoms with Crippen LogP contribution in [0.3, 0.4) is 0 Å². The molecule has 1 aromatic rings. The molecule has 1 saturated heterocycles. The fourth-order valence-electron chi connectivity index (χ4n) is 2.04. The lowest BCUT2D eigenvalue weighted by Gasteiger charge is -2.16. The molecule has 0 aliphatic carbocycles. The summed E-state index contributed by atoms with van der Waals surface area (Å²) in [5.74, 6) is -0.186. The quantitative estimate of drug-likeness (QED) is 0.925. The number of hydrogen-bond donors (Lipinski definition) is 1. The Morgan fingerprint density at radius 2 is 2.24 bits per heavy atom. The van der Waals surface area contributed by atoms with Crippen LogP contribution in [0.4, 0.5) is 4.39 Å². The molecule has 1 unspecified atom stereocenters. The first kappa shape index (κ1) is 13.0. The number of halogens is 2. The van der Waals surface area contributed by atoms with Crippen LogP contribution in [-0.2, 0) is 11.3 Å². The molecular weight excluding hydrogens is 285 g/mol. The van der Waals surface area contributed by atoms with E-state index in [1.165, 1.54) is 6.07 Å². The molecule has 2 nitrogen and oxygen atoms in total. The van der Waals surface area contributed by atoms with Gasteiger partial charge in [-0.1, -0.05) is 15.9 Å². The zero-order valence-electron chi connectivity index (χ0n) is 9.72. The van der Waals surface area contributed by atoms with Crippen LogP contribution in [0.1, 0.15) is 24.8 Å². The second-order valence-electron chi connectivity index (χ2n) is 4.36. The fraction of sp³-hybridized carbons (Fsp3) is 0.538. The normalized spacial score (nSPS) is 21.2. The summed E-state index contributed by atoms with van der Waals surface area (Å²) in [4.78, 5) is 0. The number of benzene rings is 1. The lowest BCUT2D eigenvalue weighted by molar-refractivity contribution is 0.142. The maximum Gasteiger partial charge on any atom is 0.123 e. The Hall–Kier alpha value is -0.450. The van der Waals surface area contributed by atoms with Gasteiger partial charge in [0.05, 0.1) is 0 Å². The van der Waals surface area contributed by atoms with E-state index < -0.39 is 0 Å². The first-order chi connectivity index (χ1) is 8.25. The molecule has 1 aliphatic heterocycles. The minimum absolute atomic E-state index is 0.186. The molecule has 1 fully saturated rings. The zero-order chi connectivity index (χ0) is 12.1. The van der Waals surface area contributed by atoms with Crippen molar-refractivity contribution in [3.63, 3.8) is 0 Å². The van der Waals surface area contributed by atoms with Gasteiger partial charge in [0.1, 0.15) is 5.82 Å². The third-order valence-corrected chi connectivity index (χ3v) is 3.81. The Morgan fingerprint density at radius 1 is 1.35 bits per heavy atom. The van der Waals surface area contributed by atoms with Gasteiger partial charge in [-0.15, -0.1) is 0 Å². The highest BCUT2D eigenvalue weighted by atomic mass is 79.9. The summed E-state index contributed by atoms with van der Waals surface area (Å²) in [6, 6.07) is 5.27. The van der Waals surface area contributed by atoms with Crippen LogP contribution >= 0.6 is 15.9 Å². The predicted molar refractivity (Wildman–Crippen MR) is 69.4 cm³/mol. The molecule has 0 aromatic heterocycles. The van der Waals surface area contributed by atoms with E-state index in [0.717, 1.165) is 42.5 Å². The summed E-state index contributed by atoms with van der Waals surface area (Å²) >= 11 is 3.44. The van der Waals surface area contributed by atoms with Crippen molar-refractivity contribution in [2.24, 2.45) is 0 Å². The van der Waals surface area contributed by atoms with Gasteiger partial charge in [-0.25, -0.2) is 4.39 Å². The summed E-state index contributed by atoms with van der Waals surface area (Å²) in [6.45, 7) is 2.38. The Morgan fingerprint density at radius 3 is 3.12 bits per heavy atom. The smallest absolute Gasteiger partial charge is 0.123 e. The van der Waals surface area contributed by atoms with E-state index in [1.54, 1.807) is 12.1 Å². The molecule has 0 radical (unpaired) electrons. The van der Waals surface area contributed by atoms with E-state index in [9.17, 15) is 4.39 Å². The van der Waals surface area contributed by atoms with Gasteiger partial charge in [-0.05, 0) is 43.0 Å².